The second-order valence-electron chi connectivity index (χ2n) is 8.71. The summed E-state index contributed by atoms with van der Waals surface area (Å²) in [6, 6.07) is 7.12. The number of carbonyl (C=O) groups excluding carboxylic acids is 2. The van der Waals surface area contributed by atoms with Crippen LogP contribution < -0.4 is 10.9 Å². The van der Waals surface area contributed by atoms with Crippen LogP contribution in [0.1, 0.15) is 34.6 Å². The predicted molar refractivity (Wildman–Crippen MR) is 137 cm³/mol. The molecule has 2 heterocycles. The molecule has 0 aliphatic carbocycles. The van der Waals surface area contributed by atoms with Crippen LogP contribution in [-0.2, 0) is 11.2 Å². The van der Waals surface area contributed by atoms with Gasteiger partial charge in [-0.2, -0.15) is 0 Å². The lowest BCUT2D eigenvalue weighted by atomic mass is 9.93. The molecule has 1 aromatic heterocycles. The summed E-state index contributed by atoms with van der Waals surface area (Å²) >= 11 is 12.5. The Morgan fingerprint density at radius 2 is 2.00 bits per heavy atom. The molecule has 0 radical (unpaired) electrons. The van der Waals surface area contributed by atoms with Crippen molar-refractivity contribution in [1.29, 1.82) is 0 Å². The largest absolute Gasteiger partial charge is 0.395 e. The molecule has 1 unspecified atom stereocenters. The lowest BCUT2D eigenvalue weighted by Crippen LogP contribution is -2.42. The van der Waals surface area contributed by atoms with Gasteiger partial charge in [0.2, 0.25) is 5.91 Å². The fraction of sp³-hybridized carbons (Fsp3) is 0.320. The number of pyridine rings is 1. The smallest absolute Gasteiger partial charge is 0.270 e. The van der Waals surface area contributed by atoms with Crippen molar-refractivity contribution in [3.63, 3.8) is 0 Å². The van der Waals surface area contributed by atoms with Crippen LogP contribution >= 0.6 is 23.2 Å². The third-order valence-corrected chi connectivity index (χ3v) is 6.91. The van der Waals surface area contributed by atoms with E-state index < -0.39 is 17.3 Å². The highest BCUT2D eigenvalue weighted by molar-refractivity contribution is 6.35. The number of benzene rings is 2. The fourth-order valence-electron chi connectivity index (χ4n) is 4.51. The van der Waals surface area contributed by atoms with Crippen molar-refractivity contribution in [2.75, 3.05) is 38.6 Å². The van der Waals surface area contributed by atoms with Crippen LogP contribution in [0, 0.1) is 5.82 Å². The normalized spacial score (nSPS) is 15.1. The van der Waals surface area contributed by atoms with Crippen molar-refractivity contribution in [3.05, 3.63) is 73.4 Å². The van der Waals surface area contributed by atoms with Gasteiger partial charge < -0.3 is 25.2 Å². The van der Waals surface area contributed by atoms with Crippen molar-refractivity contribution >= 4 is 51.5 Å². The molecule has 1 aliphatic heterocycles. The molecule has 0 bridgehead atoms. The van der Waals surface area contributed by atoms with E-state index in [2.05, 4.69) is 10.3 Å². The Morgan fingerprint density at radius 3 is 2.72 bits per heavy atom. The number of rotatable bonds is 6. The first-order chi connectivity index (χ1) is 17.1. The molecule has 0 saturated carbocycles. The SMILES string of the molecule is CC1c2c(Cl)cc(Cl)cc2CCN1C(=O)CNc1cc2cc(C(=O)N(C)CCO)[nH]c(=O)c2cc1F. The molecule has 3 N–H and O–H groups in total. The van der Waals surface area contributed by atoms with Gasteiger partial charge in [-0.15, -0.1) is 0 Å². The van der Waals surface area contributed by atoms with Crippen molar-refractivity contribution < 1.29 is 19.1 Å². The molecule has 2 amide bonds. The van der Waals surface area contributed by atoms with Crippen LogP contribution in [0.3, 0.4) is 0 Å². The van der Waals surface area contributed by atoms with Crippen molar-refractivity contribution in [2.45, 2.75) is 19.4 Å². The van der Waals surface area contributed by atoms with E-state index in [-0.39, 0.29) is 48.4 Å². The van der Waals surface area contributed by atoms with Gasteiger partial charge >= 0.3 is 0 Å². The first-order valence-corrected chi connectivity index (χ1v) is 12.1. The van der Waals surface area contributed by atoms with E-state index in [1.807, 2.05) is 13.0 Å². The summed E-state index contributed by atoms with van der Waals surface area (Å²) in [5, 5.41) is 13.3. The first kappa shape index (κ1) is 25.9. The van der Waals surface area contributed by atoms with Crippen LogP contribution in [0.2, 0.25) is 10.0 Å². The number of carbonyl (C=O) groups is 2. The topological polar surface area (TPSA) is 106 Å². The maximum Gasteiger partial charge on any atom is 0.270 e. The van der Waals surface area contributed by atoms with Gasteiger partial charge in [-0.05, 0) is 60.2 Å². The number of nitrogens with zero attached hydrogens (tertiary/aromatic N) is 2. The number of aliphatic hydroxyl groups excluding tert-OH is 1. The molecule has 11 heteroatoms. The summed E-state index contributed by atoms with van der Waals surface area (Å²) in [6.45, 7) is 2.03. The fourth-order valence-corrected chi connectivity index (χ4v) is 5.20. The van der Waals surface area contributed by atoms with Crippen molar-refractivity contribution in [3.8, 4) is 0 Å². The second-order valence-corrected chi connectivity index (χ2v) is 9.55. The minimum absolute atomic E-state index is 0.00914. The van der Waals surface area contributed by atoms with Gasteiger partial charge in [-0.25, -0.2) is 4.39 Å². The summed E-state index contributed by atoms with van der Waals surface area (Å²) in [5.41, 5.74) is 1.26. The van der Waals surface area contributed by atoms with Gasteiger partial charge in [-0.1, -0.05) is 23.2 Å². The maximum absolute atomic E-state index is 14.8. The third kappa shape index (κ3) is 5.04. The van der Waals surface area contributed by atoms with Crippen LogP contribution in [0.25, 0.3) is 10.8 Å². The molecule has 190 valence electrons. The minimum Gasteiger partial charge on any atom is -0.395 e. The average Bonchev–Trinajstić information content (AvgIpc) is 2.82. The number of aliphatic hydroxyl groups is 1. The van der Waals surface area contributed by atoms with Gasteiger partial charge in [0.1, 0.15) is 11.5 Å². The molecular formula is C25H25Cl2FN4O4. The number of H-pyrrole nitrogens is 1. The molecule has 4 rings (SSSR count). The Balaban J connectivity index is 1.54. The molecule has 1 aliphatic rings. The quantitative estimate of drug-likeness (QED) is 0.448. The lowest BCUT2D eigenvalue weighted by molar-refractivity contribution is -0.131. The molecule has 0 spiro atoms. The number of aromatic nitrogens is 1. The van der Waals surface area contributed by atoms with Crippen LogP contribution in [-0.4, -0.2) is 65.0 Å². The number of anilines is 1. The first-order valence-electron chi connectivity index (χ1n) is 11.3. The molecule has 1 atom stereocenters. The van der Waals surface area contributed by atoms with E-state index in [9.17, 15) is 18.8 Å². The Bertz CT molecular complexity index is 1410. The predicted octanol–water partition coefficient (Wildman–Crippen LogP) is 3.60. The third-order valence-electron chi connectivity index (χ3n) is 6.38. The molecule has 3 aromatic rings. The van der Waals surface area contributed by atoms with Gasteiger partial charge in [0, 0.05) is 30.2 Å². The Morgan fingerprint density at radius 1 is 1.25 bits per heavy atom. The average molecular weight is 535 g/mol. The zero-order valence-electron chi connectivity index (χ0n) is 19.7. The lowest BCUT2D eigenvalue weighted by Gasteiger charge is -2.36. The summed E-state index contributed by atoms with van der Waals surface area (Å²) in [4.78, 5) is 43.4. The second kappa shape index (κ2) is 10.5. The number of amides is 2. The number of nitrogens with one attached hydrogen (secondary N) is 2. The Kier molecular flexibility index (Phi) is 7.54. The number of halogens is 3. The summed E-state index contributed by atoms with van der Waals surface area (Å²) in [6.07, 6.45) is 0.598. The maximum atomic E-state index is 14.8. The molecule has 8 nitrogen and oxygen atoms in total. The van der Waals surface area contributed by atoms with Gasteiger partial charge in [-0.3, -0.25) is 14.4 Å². The van der Waals surface area contributed by atoms with Crippen LogP contribution in [0.5, 0.6) is 0 Å². The van der Waals surface area contributed by atoms with E-state index >= 15 is 0 Å². The Labute approximate surface area is 216 Å². The Hall–Kier alpha value is -3.14. The summed E-state index contributed by atoms with van der Waals surface area (Å²) in [7, 11) is 1.49. The van der Waals surface area contributed by atoms with Gasteiger partial charge in [0.15, 0.2) is 0 Å². The van der Waals surface area contributed by atoms with E-state index in [0.717, 1.165) is 17.2 Å². The number of fused-ring (bicyclic) bond motifs is 2. The number of aromatic amines is 1. The van der Waals surface area contributed by atoms with E-state index in [0.29, 0.717) is 28.4 Å². The van der Waals surface area contributed by atoms with Crippen molar-refractivity contribution in [1.82, 2.24) is 14.8 Å². The van der Waals surface area contributed by atoms with E-state index in [4.69, 9.17) is 28.3 Å². The van der Waals surface area contributed by atoms with Gasteiger partial charge in [0.05, 0.1) is 30.3 Å². The number of likely N-dealkylation sites (N-methyl/N-ethyl adjacent to an activating group) is 1. The monoisotopic (exact) mass is 534 g/mol. The van der Waals surface area contributed by atoms with Crippen LogP contribution in [0.15, 0.2) is 35.1 Å². The molecule has 0 fully saturated rings. The zero-order valence-corrected chi connectivity index (χ0v) is 21.2. The highest BCUT2D eigenvalue weighted by Gasteiger charge is 2.29. The number of hydrogen-bond acceptors (Lipinski definition) is 5. The number of hydrogen-bond donors (Lipinski definition) is 3. The molecular weight excluding hydrogens is 510 g/mol. The van der Waals surface area contributed by atoms with Crippen LogP contribution in [0.4, 0.5) is 10.1 Å². The molecule has 0 saturated heterocycles. The summed E-state index contributed by atoms with van der Waals surface area (Å²) < 4.78 is 14.8. The zero-order chi connectivity index (χ0) is 26.1. The highest BCUT2D eigenvalue weighted by Crippen LogP contribution is 2.37. The van der Waals surface area contributed by atoms with Gasteiger partial charge in [0.25, 0.3) is 11.5 Å². The van der Waals surface area contributed by atoms with E-state index in [1.165, 1.54) is 24.1 Å². The highest BCUT2D eigenvalue weighted by atomic mass is 35.5. The standard InChI is InChI=1S/C25H25Cl2FN4O4/c1-13-23-14(7-16(26)10-18(23)27)3-4-32(13)22(34)12-29-20-8-15-9-21(25(36)31(2)5-6-33)30-24(35)17(15)11-19(20)28/h7-11,13,29,33H,3-6,12H2,1-2H3,(H,30,35). The van der Waals surface area contributed by atoms with Crippen molar-refractivity contribution in [2.24, 2.45) is 0 Å². The molecule has 2 aromatic carbocycles. The van der Waals surface area contributed by atoms with E-state index in [1.54, 1.807) is 11.0 Å². The summed E-state index contributed by atoms with van der Waals surface area (Å²) in [5.74, 6) is -1.44. The minimum atomic E-state index is -0.702. The molecule has 36 heavy (non-hydrogen) atoms.